The van der Waals surface area contributed by atoms with Crippen molar-refractivity contribution in [3.8, 4) is 0 Å². The minimum atomic E-state index is 0.636. The third-order valence-corrected chi connectivity index (χ3v) is 4.13. The second-order valence-electron chi connectivity index (χ2n) is 4.33. The summed E-state index contributed by atoms with van der Waals surface area (Å²) in [5.74, 6) is 1.16. The number of benzene rings is 1. The normalized spacial score (nSPS) is 12.8. The summed E-state index contributed by atoms with van der Waals surface area (Å²) in [6, 6.07) is 7.37. The number of nitrogens with one attached hydrogen (secondary N) is 1. The molecule has 1 aromatic rings. The molecule has 16 heavy (non-hydrogen) atoms. The molecule has 0 saturated carbocycles. The molecule has 0 heterocycles. The van der Waals surface area contributed by atoms with Crippen LogP contribution in [0, 0.1) is 13.8 Å². The van der Waals surface area contributed by atoms with E-state index in [9.17, 15) is 0 Å². The molecule has 1 atom stereocenters. The van der Waals surface area contributed by atoms with E-state index in [1.165, 1.54) is 28.9 Å². The van der Waals surface area contributed by atoms with E-state index in [1.807, 2.05) is 11.8 Å². The molecular weight excluding hydrogens is 214 g/mol. The topological polar surface area (TPSA) is 12.0 Å². The average molecular weight is 237 g/mol. The summed E-state index contributed by atoms with van der Waals surface area (Å²) in [5.41, 5.74) is 2.77. The van der Waals surface area contributed by atoms with Crippen LogP contribution in [0.15, 0.2) is 23.1 Å². The summed E-state index contributed by atoms with van der Waals surface area (Å²) < 4.78 is 0. The van der Waals surface area contributed by atoms with Crippen LogP contribution in [0.1, 0.15) is 30.9 Å². The third kappa shape index (κ3) is 4.18. The van der Waals surface area contributed by atoms with Crippen molar-refractivity contribution >= 4 is 11.8 Å². The smallest absolute Gasteiger partial charge is 0.0158 e. The molecule has 1 rings (SSSR count). The van der Waals surface area contributed by atoms with Gasteiger partial charge in [0.05, 0.1) is 0 Å². The molecule has 0 aromatic heterocycles. The fraction of sp³-hybridized carbons (Fsp3) is 0.571. The number of hydrogen-bond acceptors (Lipinski definition) is 2. The molecule has 0 amide bonds. The number of hydrogen-bond donors (Lipinski definition) is 1. The molecule has 1 N–H and O–H groups in total. The first kappa shape index (κ1) is 13.6. The van der Waals surface area contributed by atoms with E-state index in [0.29, 0.717) is 6.04 Å². The highest BCUT2D eigenvalue weighted by atomic mass is 32.2. The van der Waals surface area contributed by atoms with Crippen molar-refractivity contribution in [1.82, 2.24) is 5.32 Å². The largest absolute Gasteiger partial charge is 0.316 e. The molecule has 0 radical (unpaired) electrons. The van der Waals surface area contributed by atoms with Crippen LogP contribution in [-0.4, -0.2) is 18.8 Å². The van der Waals surface area contributed by atoms with Gasteiger partial charge in [-0.05, 0) is 50.6 Å². The molecule has 1 nitrogen and oxygen atoms in total. The predicted octanol–water partition coefficient (Wildman–Crippen LogP) is 3.78. The Balaban J connectivity index is 2.50. The summed E-state index contributed by atoms with van der Waals surface area (Å²) in [4.78, 5) is 1.39. The lowest BCUT2D eigenvalue weighted by Crippen LogP contribution is -2.27. The zero-order valence-electron chi connectivity index (χ0n) is 10.8. The molecule has 0 saturated heterocycles. The fourth-order valence-corrected chi connectivity index (χ4v) is 2.81. The second kappa shape index (κ2) is 6.97. The Morgan fingerprint density at radius 2 is 2.00 bits per heavy atom. The van der Waals surface area contributed by atoms with Gasteiger partial charge in [0, 0.05) is 16.7 Å². The minimum Gasteiger partial charge on any atom is -0.316 e. The first-order chi connectivity index (χ1) is 7.67. The molecule has 0 aliphatic heterocycles. The lowest BCUT2D eigenvalue weighted by atomic mass is 10.1. The van der Waals surface area contributed by atoms with E-state index in [0.717, 1.165) is 5.75 Å². The predicted molar refractivity (Wildman–Crippen MR) is 74.4 cm³/mol. The summed E-state index contributed by atoms with van der Waals surface area (Å²) in [5, 5.41) is 3.38. The van der Waals surface area contributed by atoms with E-state index in [1.54, 1.807) is 0 Å². The van der Waals surface area contributed by atoms with E-state index < -0.39 is 0 Å². The van der Waals surface area contributed by atoms with Crippen molar-refractivity contribution in [1.29, 1.82) is 0 Å². The van der Waals surface area contributed by atoms with E-state index in [4.69, 9.17) is 0 Å². The Kier molecular flexibility index (Phi) is 5.93. The molecule has 90 valence electrons. The molecule has 0 aliphatic rings. The maximum Gasteiger partial charge on any atom is 0.0158 e. The number of rotatable bonds is 6. The Labute approximate surface area is 104 Å². The summed E-state index contributed by atoms with van der Waals surface area (Å²) in [6.07, 6.45) is 2.51. The molecular formula is C14H23NS. The van der Waals surface area contributed by atoms with Gasteiger partial charge in [-0.1, -0.05) is 19.4 Å². The van der Waals surface area contributed by atoms with Crippen molar-refractivity contribution in [2.24, 2.45) is 0 Å². The quantitative estimate of drug-likeness (QED) is 0.756. The number of aryl methyl sites for hydroxylation is 2. The van der Waals surface area contributed by atoms with Crippen LogP contribution in [0.25, 0.3) is 0 Å². The van der Waals surface area contributed by atoms with Gasteiger partial charge in [0.25, 0.3) is 0 Å². The lowest BCUT2D eigenvalue weighted by Gasteiger charge is -2.14. The zero-order valence-corrected chi connectivity index (χ0v) is 11.7. The first-order valence-electron chi connectivity index (χ1n) is 6.04. The standard InChI is InChI=1S/C14H23NS/c1-5-6-13(15-4)10-16-14-8-7-11(2)12(3)9-14/h7-9,13,15H,5-6,10H2,1-4H3. The third-order valence-electron chi connectivity index (χ3n) is 2.97. The van der Waals surface area contributed by atoms with Crippen LogP contribution in [0.2, 0.25) is 0 Å². The Morgan fingerprint density at radius 1 is 1.25 bits per heavy atom. The minimum absolute atomic E-state index is 0.636. The highest BCUT2D eigenvalue weighted by Gasteiger charge is 2.05. The van der Waals surface area contributed by atoms with Gasteiger partial charge in [-0.15, -0.1) is 11.8 Å². The van der Waals surface area contributed by atoms with Gasteiger partial charge in [0.15, 0.2) is 0 Å². The van der Waals surface area contributed by atoms with Crippen molar-refractivity contribution in [3.63, 3.8) is 0 Å². The van der Waals surface area contributed by atoms with Crippen LogP contribution in [0.4, 0.5) is 0 Å². The molecule has 1 aromatic carbocycles. The zero-order chi connectivity index (χ0) is 12.0. The van der Waals surface area contributed by atoms with Crippen molar-refractivity contribution in [3.05, 3.63) is 29.3 Å². The van der Waals surface area contributed by atoms with Crippen LogP contribution in [0.5, 0.6) is 0 Å². The molecule has 0 spiro atoms. The van der Waals surface area contributed by atoms with Crippen LogP contribution in [0.3, 0.4) is 0 Å². The van der Waals surface area contributed by atoms with Gasteiger partial charge in [-0.3, -0.25) is 0 Å². The molecule has 0 bridgehead atoms. The van der Waals surface area contributed by atoms with E-state index in [2.05, 4.69) is 51.3 Å². The number of thioether (sulfide) groups is 1. The SMILES string of the molecule is CCCC(CSc1ccc(C)c(C)c1)NC. The van der Waals surface area contributed by atoms with Crippen molar-refractivity contribution in [2.75, 3.05) is 12.8 Å². The monoisotopic (exact) mass is 237 g/mol. The van der Waals surface area contributed by atoms with Crippen molar-refractivity contribution < 1.29 is 0 Å². The van der Waals surface area contributed by atoms with Gasteiger partial charge >= 0.3 is 0 Å². The van der Waals surface area contributed by atoms with Crippen LogP contribution in [-0.2, 0) is 0 Å². The summed E-state index contributed by atoms with van der Waals surface area (Å²) in [6.45, 7) is 6.59. The van der Waals surface area contributed by atoms with Gasteiger partial charge < -0.3 is 5.32 Å². The second-order valence-corrected chi connectivity index (χ2v) is 5.42. The van der Waals surface area contributed by atoms with Gasteiger partial charge in [0.2, 0.25) is 0 Å². The van der Waals surface area contributed by atoms with Gasteiger partial charge in [-0.25, -0.2) is 0 Å². The highest BCUT2D eigenvalue weighted by molar-refractivity contribution is 7.99. The van der Waals surface area contributed by atoms with Gasteiger partial charge in [-0.2, -0.15) is 0 Å². The Hall–Kier alpha value is -0.470. The molecule has 0 aliphatic carbocycles. The fourth-order valence-electron chi connectivity index (χ4n) is 1.66. The molecule has 0 fully saturated rings. The van der Waals surface area contributed by atoms with Crippen LogP contribution >= 0.6 is 11.8 Å². The van der Waals surface area contributed by atoms with Crippen LogP contribution < -0.4 is 5.32 Å². The average Bonchev–Trinajstić information content (AvgIpc) is 2.28. The molecule has 1 unspecified atom stereocenters. The first-order valence-corrected chi connectivity index (χ1v) is 7.03. The lowest BCUT2D eigenvalue weighted by molar-refractivity contribution is 0.564. The Bertz CT molecular complexity index is 323. The van der Waals surface area contributed by atoms with E-state index in [-0.39, 0.29) is 0 Å². The van der Waals surface area contributed by atoms with E-state index >= 15 is 0 Å². The molecule has 2 heteroatoms. The maximum atomic E-state index is 3.38. The van der Waals surface area contributed by atoms with Crippen molar-refractivity contribution in [2.45, 2.75) is 44.6 Å². The highest BCUT2D eigenvalue weighted by Crippen LogP contribution is 2.22. The Morgan fingerprint density at radius 3 is 2.56 bits per heavy atom. The summed E-state index contributed by atoms with van der Waals surface area (Å²) in [7, 11) is 2.06. The maximum absolute atomic E-state index is 3.38. The van der Waals surface area contributed by atoms with Gasteiger partial charge in [0.1, 0.15) is 0 Å². The summed E-state index contributed by atoms with van der Waals surface area (Å²) >= 11 is 1.95.